The number of nitrogens with one attached hydrogen (secondary N) is 1. The Balaban J connectivity index is 1.06. The van der Waals surface area contributed by atoms with Gasteiger partial charge in [-0.2, -0.15) is 0 Å². The number of ether oxygens (including phenoxy) is 2. The van der Waals surface area contributed by atoms with Crippen LogP contribution in [-0.4, -0.2) is 96.8 Å². The van der Waals surface area contributed by atoms with Crippen molar-refractivity contribution in [3.8, 4) is 5.75 Å². The molecule has 2 saturated heterocycles. The van der Waals surface area contributed by atoms with Crippen LogP contribution in [-0.2, 0) is 9.53 Å². The number of nitrogens with zero attached hydrogens (tertiary/aromatic N) is 5. The molecular formula is C37H51ClN6O4. The lowest BCUT2D eigenvalue weighted by molar-refractivity contribution is -0.164. The summed E-state index contributed by atoms with van der Waals surface area (Å²) in [7, 11) is 0. The number of aromatic nitrogens is 1. The van der Waals surface area contributed by atoms with Crippen molar-refractivity contribution in [2.24, 2.45) is 16.7 Å². The Labute approximate surface area is 290 Å². The van der Waals surface area contributed by atoms with E-state index in [1.807, 2.05) is 32.9 Å². The van der Waals surface area contributed by atoms with Gasteiger partial charge in [-0.1, -0.05) is 45.4 Å². The Kier molecular flexibility index (Phi) is 10.6. The Morgan fingerprint density at radius 2 is 1.67 bits per heavy atom. The minimum absolute atomic E-state index is 0.120. The first kappa shape index (κ1) is 35.9. The molecule has 3 heterocycles. The number of pyridine rings is 1. The number of carbonyl (C=O) groups is 2. The van der Waals surface area contributed by atoms with E-state index in [0.717, 1.165) is 64.5 Å². The molecule has 11 heteroatoms. The van der Waals surface area contributed by atoms with Crippen molar-refractivity contribution < 1.29 is 19.1 Å². The summed E-state index contributed by atoms with van der Waals surface area (Å²) in [6.07, 6.45) is 3.71. The minimum Gasteiger partial charge on any atom is -0.489 e. The Hall–Kier alpha value is -3.39. The molecule has 48 heavy (non-hydrogen) atoms. The number of benzene rings is 1. The molecule has 0 radical (unpaired) electrons. The summed E-state index contributed by atoms with van der Waals surface area (Å²) in [6.45, 7) is 28.4. The molecule has 1 saturated carbocycles. The van der Waals surface area contributed by atoms with Gasteiger partial charge in [-0.25, -0.2) is 9.83 Å². The largest absolute Gasteiger partial charge is 0.489 e. The number of piperazine rings is 1. The van der Waals surface area contributed by atoms with Crippen LogP contribution < -0.4 is 15.0 Å². The number of likely N-dealkylation sites (tertiary alicyclic amines) is 1. The molecule has 3 fully saturated rings. The van der Waals surface area contributed by atoms with E-state index >= 15 is 0 Å². The molecule has 260 valence electrons. The molecule has 1 aromatic heterocycles. The Morgan fingerprint density at radius 1 is 1.00 bits per heavy atom. The highest BCUT2D eigenvalue weighted by atomic mass is 35.5. The van der Waals surface area contributed by atoms with Gasteiger partial charge in [0.1, 0.15) is 23.3 Å². The van der Waals surface area contributed by atoms with Gasteiger partial charge in [0.05, 0.1) is 23.7 Å². The SMILES string of the molecule is [C-]#[N+]c1ccc(OC2C(C)(C)C(NC(=O)c3ccc(N4CCN(CC5CCN(CC(=O)OC(C)(C)C)CC5)CC4)nc3)C2(C)C)cc1Cl. The predicted octanol–water partition coefficient (Wildman–Crippen LogP) is 6.07. The van der Waals surface area contributed by atoms with Gasteiger partial charge < -0.3 is 19.7 Å². The van der Waals surface area contributed by atoms with Crippen LogP contribution in [0.15, 0.2) is 36.5 Å². The number of halogens is 1. The van der Waals surface area contributed by atoms with Gasteiger partial charge in [0.25, 0.3) is 5.91 Å². The standard InChI is InChI=1S/C37H51ClN6O4/c1-35(2,3)48-31(45)24-42-15-13-25(14-16-42)23-43-17-19-44(20-18-43)30-12-9-26(22-40-30)32(46)41-33-36(4,5)34(37(33,6)7)47-27-10-11-29(39-8)28(38)21-27/h9-12,21-22,25,33-34H,13-20,23-24H2,1-7H3,(H,41,46). The third-order valence-electron chi connectivity index (χ3n) is 10.1. The highest BCUT2D eigenvalue weighted by molar-refractivity contribution is 6.33. The topological polar surface area (TPSA) is 91.6 Å². The van der Waals surface area contributed by atoms with E-state index in [9.17, 15) is 9.59 Å². The average molecular weight is 679 g/mol. The fourth-order valence-electron chi connectivity index (χ4n) is 7.92. The number of anilines is 1. The quantitative estimate of drug-likeness (QED) is 0.252. The second-order valence-electron chi connectivity index (χ2n) is 15.8. The van der Waals surface area contributed by atoms with Crippen LogP contribution in [0.3, 0.4) is 0 Å². The van der Waals surface area contributed by atoms with E-state index in [2.05, 4.69) is 57.5 Å². The zero-order chi connectivity index (χ0) is 34.9. The van der Waals surface area contributed by atoms with E-state index in [4.69, 9.17) is 27.6 Å². The third kappa shape index (κ3) is 8.24. The first-order valence-corrected chi connectivity index (χ1v) is 17.5. The van der Waals surface area contributed by atoms with Crippen molar-refractivity contribution in [1.29, 1.82) is 0 Å². The molecule has 3 aliphatic rings. The van der Waals surface area contributed by atoms with Crippen molar-refractivity contribution >= 4 is 35.0 Å². The molecule has 1 aromatic carbocycles. The number of amides is 1. The Morgan fingerprint density at radius 3 is 2.23 bits per heavy atom. The summed E-state index contributed by atoms with van der Waals surface area (Å²) >= 11 is 6.24. The summed E-state index contributed by atoms with van der Waals surface area (Å²) in [5.41, 5.74) is -0.192. The lowest BCUT2D eigenvalue weighted by Gasteiger charge is -2.63. The molecular weight excluding hydrogens is 628 g/mol. The molecule has 10 nitrogen and oxygen atoms in total. The molecule has 1 amide bonds. The van der Waals surface area contributed by atoms with E-state index in [1.54, 1.807) is 24.4 Å². The number of hydrogen-bond acceptors (Lipinski definition) is 8. The van der Waals surface area contributed by atoms with Gasteiger partial charge in [0.15, 0.2) is 0 Å². The maximum atomic E-state index is 13.4. The van der Waals surface area contributed by atoms with Crippen molar-refractivity contribution in [3.05, 3.63) is 58.5 Å². The summed E-state index contributed by atoms with van der Waals surface area (Å²) < 4.78 is 11.9. The van der Waals surface area contributed by atoms with E-state index < -0.39 is 5.60 Å². The van der Waals surface area contributed by atoms with Gasteiger partial charge in [-0.05, 0) is 76.9 Å². The minimum atomic E-state index is -0.442. The zero-order valence-electron chi connectivity index (χ0n) is 29.5. The van der Waals surface area contributed by atoms with E-state index in [-0.39, 0.29) is 34.9 Å². The molecule has 0 spiro atoms. The summed E-state index contributed by atoms with van der Waals surface area (Å²) in [5.74, 6) is 1.86. The molecule has 5 rings (SSSR count). The molecule has 0 bridgehead atoms. The number of rotatable bonds is 9. The van der Waals surface area contributed by atoms with E-state index in [1.165, 1.54) is 0 Å². The van der Waals surface area contributed by atoms with Crippen LogP contribution >= 0.6 is 11.6 Å². The van der Waals surface area contributed by atoms with Crippen molar-refractivity contribution in [1.82, 2.24) is 20.1 Å². The lowest BCUT2D eigenvalue weighted by atomic mass is 9.49. The van der Waals surface area contributed by atoms with Crippen molar-refractivity contribution in [2.75, 3.05) is 57.3 Å². The second-order valence-corrected chi connectivity index (χ2v) is 16.2. The summed E-state index contributed by atoms with van der Waals surface area (Å²) in [5, 5.41) is 3.62. The second kappa shape index (κ2) is 14.2. The molecule has 0 unspecified atom stereocenters. The fraction of sp³-hybridized carbons (Fsp3) is 0.622. The zero-order valence-corrected chi connectivity index (χ0v) is 30.3. The van der Waals surface area contributed by atoms with Gasteiger partial charge in [-0.3, -0.25) is 19.4 Å². The van der Waals surface area contributed by atoms with Gasteiger partial charge in [0.2, 0.25) is 5.69 Å². The first-order valence-electron chi connectivity index (χ1n) is 17.1. The van der Waals surface area contributed by atoms with Crippen LogP contribution in [0.4, 0.5) is 11.5 Å². The van der Waals surface area contributed by atoms with Gasteiger partial charge in [-0.15, -0.1) is 0 Å². The van der Waals surface area contributed by atoms with Crippen LogP contribution in [0.5, 0.6) is 5.75 Å². The maximum Gasteiger partial charge on any atom is 0.320 e. The number of piperidine rings is 1. The monoisotopic (exact) mass is 678 g/mol. The molecule has 0 atom stereocenters. The molecule has 2 aromatic rings. The van der Waals surface area contributed by atoms with Crippen LogP contribution in [0.2, 0.25) is 5.02 Å². The van der Waals surface area contributed by atoms with E-state index in [0.29, 0.717) is 34.5 Å². The first-order chi connectivity index (χ1) is 22.6. The van der Waals surface area contributed by atoms with Crippen LogP contribution in [0, 0.1) is 23.3 Å². The third-order valence-corrected chi connectivity index (χ3v) is 10.4. The van der Waals surface area contributed by atoms with Gasteiger partial charge >= 0.3 is 5.97 Å². The predicted molar refractivity (Wildman–Crippen MR) is 189 cm³/mol. The number of esters is 1. The molecule has 2 aliphatic heterocycles. The van der Waals surface area contributed by atoms with Crippen molar-refractivity contribution in [2.45, 2.75) is 79.1 Å². The molecule has 1 aliphatic carbocycles. The normalized spacial score (nSPS) is 23.1. The Bertz CT molecular complexity index is 1480. The lowest BCUT2D eigenvalue weighted by Crippen LogP contribution is -2.74. The van der Waals surface area contributed by atoms with Gasteiger partial charge in [0, 0.05) is 55.8 Å². The molecule has 1 N–H and O–H groups in total. The number of carbonyl (C=O) groups excluding carboxylic acids is 2. The highest BCUT2D eigenvalue weighted by Crippen LogP contribution is 2.55. The highest BCUT2D eigenvalue weighted by Gasteiger charge is 2.64. The summed E-state index contributed by atoms with van der Waals surface area (Å²) in [4.78, 5) is 40.7. The fourth-order valence-corrected chi connectivity index (χ4v) is 8.13. The van der Waals surface area contributed by atoms with Crippen LogP contribution in [0.1, 0.15) is 71.7 Å². The smallest absolute Gasteiger partial charge is 0.320 e. The average Bonchev–Trinajstić information content (AvgIpc) is 3.02. The maximum absolute atomic E-state index is 13.4. The number of hydrogen-bond donors (Lipinski definition) is 1. The van der Waals surface area contributed by atoms with Crippen molar-refractivity contribution in [3.63, 3.8) is 0 Å². The summed E-state index contributed by atoms with van der Waals surface area (Å²) in [6, 6.07) is 8.81. The van der Waals surface area contributed by atoms with Crippen LogP contribution in [0.25, 0.3) is 4.85 Å².